The Balaban J connectivity index is 2.56. The zero-order valence-corrected chi connectivity index (χ0v) is 10.7. The number of carboxylic acid groups (broad SMARTS) is 1. The van der Waals surface area contributed by atoms with Gasteiger partial charge in [0.15, 0.2) is 0 Å². The summed E-state index contributed by atoms with van der Waals surface area (Å²) < 4.78 is 27.1. The molecule has 0 unspecified atom stereocenters. The molecule has 0 fully saturated rings. The van der Waals surface area contributed by atoms with Gasteiger partial charge in [0.2, 0.25) is 0 Å². The number of benzene rings is 2. The molecule has 4 nitrogen and oxygen atoms in total. The fourth-order valence-electron chi connectivity index (χ4n) is 1.67. The van der Waals surface area contributed by atoms with Crippen molar-refractivity contribution < 1.29 is 18.7 Å². The highest BCUT2D eigenvalue weighted by molar-refractivity contribution is 6.34. The average molecular weight is 299 g/mol. The number of hydrogen-bond acceptors (Lipinski definition) is 3. The molecule has 0 bridgehead atoms. The van der Waals surface area contributed by atoms with Crippen molar-refractivity contribution in [1.82, 2.24) is 0 Å². The summed E-state index contributed by atoms with van der Waals surface area (Å²) in [4.78, 5) is 11.1. The number of para-hydroxylation sites is 1. The van der Waals surface area contributed by atoms with Gasteiger partial charge in [-0.25, -0.2) is 13.6 Å². The van der Waals surface area contributed by atoms with E-state index in [0.717, 1.165) is 18.2 Å². The van der Waals surface area contributed by atoms with Gasteiger partial charge < -0.3 is 16.2 Å². The van der Waals surface area contributed by atoms with Crippen molar-refractivity contribution in [3.8, 4) is 0 Å². The Morgan fingerprint density at radius 2 is 1.80 bits per heavy atom. The minimum Gasteiger partial charge on any atom is -0.478 e. The van der Waals surface area contributed by atoms with Gasteiger partial charge in [-0.1, -0.05) is 17.7 Å². The van der Waals surface area contributed by atoms with Crippen molar-refractivity contribution in [3.63, 3.8) is 0 Å². The van der Waals surface area contributed by atoms with Crippen LogP contribution in [0.25, 0.3) is 0 Å². The van der Waals surface area contributed by atoms with E-state index >= 15 is 0 Å². The Labute approximate surface area is 117 Å². The summed E-state index contributed by atoms with van der Waals surface area (Å²) >= 11 is 5.88. The van der Waals surface area contributed by atoms with Gasteiger partial charge in [-0.15, -0.1) is 0 Å². The van der Waals surface area contributed by atoms with Crippen LogP contribution in [-0.4, -0.2) is 11.1 Å². The second-order valence-electron chi connectivity index (χ2n) is 3.95. The first-order valence-corrected chi connectivity index (χ1v) is 5.81. The molecule has 2 rings (SSSR count). The van der Waals surface area contributed by atoms with E-state index in [1.165, 1.54) is 12.1 Å². The van der Waals surface area contributed by atoms with Gasteiger partial charge in [0.05, 0.1) is 16.3 Å². The van der Waals surface area contributed by atoms with Gasteiger partial charge in [0.25, 0.3) is 0 Å². The fourth-order valence-corrected chi connectivity index (χ4v) is 1.94. The third kappa shape index (κ3) is 2.65. The molecule has 4 N–H and O–H groups in total. The Morgan fingerprint density at radius 1 is 1.20 bits per heavy atom. The summed E-state index contributed by atoms with van der Waals surface area (Å²) in [6, 6.07) is 5.71. The molecule has 0 heterocycles. The Kier molecular flexibility index (Phi) is 3.76. The van der Waals surface area contributed by atoms with Crippen LogP contribution in [0.1, 0.15) is 10.4 Å². The van der Waals surface area contributed by atoms with Crippen LogP contribution < -0.4 is 11.1 Å². The molecule has 0 saturated carbocycles. The van der Waals surface area contributed by atoms with E-state index in [1.807, 2.05) is 0 Å². The SMILES string of the molecule is Nc1cc(Cl)c(Nc2c(F)cccc2F)c(C(=O)O)c1. The topological polar surface area (TPSA) is 75.3 Å². The molecule has 104 valence electrons. The quantitative estimate of drug-likeness (QED) is 0.756. The van der Waals surface area contributed by atoms with Crippen LogP contribution in [0, 0.1) is 11.6 Å². The summed E-state index contributed by atoms with van der Waals surface area (Å²) in [5, 5.41) is 11.4. The predicted molar refractivity (Wildman–Crippen MR) is 72.5 cm³/mol. The van der Waals surface area contributed by atoms with E-state index in [-0.39, 0.29) is 22.0 Å². The average Bonchev–Trinajstić information content (AvgIpc) is 2.35. The van der Waals surface area contributed by atoms with Crippen molar-refractivity contribution >= 4 is 34.6 Å². The van der Waals surface area contributed by atoms with E-state index in [2.05, 4.69) is 5.32 Å². The van der Waals surface area contributed by atoms with Crippen LogP contribution in [0.4, 0.5) is 25.8 Å². The number of carbonyl (C=O) groups is 1. The molecular formula is C13H9ClF2N2O2. The van der Waals surface area contributed by atoms with Crippen molar-refractivity contribution in [2.75, 3.05) is 11.1 Å². The molecule has 0 amide bonds. The summed E-state index contributed by atoms with van der Waals surface area (Å²) in [6.45, 7) is 0. The van der Waals surface area contributed by atoms with E-state index in [4.69, 9.17) is 22.4 Å². The van der Waals surface area contributed by atoms with Gasteiger partial charge in [0.1, 0.15) is 17.3 Å². The van der Waals surface area contributed by atoms with Crippen molar-refractivity contribution in [1.29, 1.82) is 0 Å². The number of hydrogen-bond donors (Lipinski definition) is 3. The molecule has 20 heavy (non-hydrogen) atoms. The zero-order valence-electron chi connectivity index (χ0n) is 9.95. The standard InChI is InChI=1S/C13H9ClF2N2O2/c14-8-5-6(17)4-7(13(19)20)11(8)18-12-9(15)2-1-3-10(12)16/h1-5,18H,17H2,(H,19,20). The molecule has 0 saturated heterocycles. The highest BCUT2D eigenvalue weighted by atomic mass is 35.5. The van der Waals surface area contributed by atoms with Gasteiger partial charge >= 0.3 is 5.97 Å². The van der Waals surface area contributed by atoms with Crippen LogP contribution in [0.2, 0.25) is 5.02 Å². The molecule has 0 aliphatic carbocycles. The maximum absolute atomic E-state index is 13.6. The number of nitrogen functional groups attached to an aromatic ring is 1. The first-order valence-electron chi connectivity index (χ1n) is 5.43. The van der Waals surface area contributed by atoms with Crippen molar-refractivity contribution in [2.24, 2.45) is 0 Å². The minimum absolute atomic E-state index is 0.0509. The normalized spacial score (nSPS) is 10.3. The predicted octanol–water partition coefficient (Wildman–Crippen LogP) is 3.64. The lowest BCUT2D eigenvalue weighted by Crippen LogP contribution is -2.06. The van der Waals surface area contributed by atoms with E-state index in [1.54, 1.807) is 0 Å². The largest absolute Gasteiger partial charge is 0.478 e. The second-order valence-corrected chi connectivity index (χ2v) is 4.36. The summed E-state index contributed by atoms with van der Waals surface area (Å²) in [6.07, 6.45) is 0. The third-order valence-corrected chi connectivity index (χ3v) is 2.85. The Hall–Kier alpha value is -2.34. The van der Waals surface area contributed by atoms with E-state index in [9.17, 15) is 13.6 Å². The number of nitrogens with one attached hydrogen (secondary N) is 1. The summed E-state index contributed by atoms with van der Waals surface area (Å²) in [5.41, 5.74) is 4.74. The molecule has 0 radical (unpaired) electrons. The number of nitrogens with two attached hydrogens (primary N) is 1. The fraction of sp³-hybridized carbons (Fsp3) is 0. The number of rotatable bonds is 3. The van der Waals surface area contributed by atoms with Crippen LogP contribution in [-0.2, 0) is 0 Å². The van der Waals surface area contributed by atoms with Gasteiger partial charge in [0, 0.05) is 5.69 Å². The molecular weight excluding hydrogens is 290 g/mol. The van der Waals surface area contributed by atoms with Crippen LogP contribution in [0.15, 0.2) is 30.3 Å². The van der Waals surface area contributed by atoms with Crippen molar-refractivity contribution in [3.05, 3.63) is 52.6 Å². The molecule has 0 aliphatic rings. The minimum atomic E-state index is -1.32. The third-order valence-electron chi connectivity index (χ3n) is 2.56. The van der Waals surface area contributed by atoms with Gasteiger partial charge in [-0.2, -0.15) is 0 Å². The highest BCUT2D eigenvalue weighted by Gasteiger charge is 2.18. The van der Waals surface area contributed by atoms with E-state index in [0.29, 0.717) is 0 Å². The maximum atomic E-state index is 13.6. The molecule has 0 aliphatic heterocycles. The van der Waals surface area contributed by atoms with Crippen molar-refractivity contribution in [2.45, 2.75) is 0 Å². The Bertz CT molecular complexity index is 672. The first-order chi connectivity index (χ1) is 9.40. The van der Waals surface area contributed by atoms with Crippen LogP contribution >= 0.6 is 11.6 Å². The molecule has 0 atom stereocenters. The van der Waals surface area contributed by atoms with Gasteiger partial charge in [-0.3, -0.25) is 0 Å². The summed E-state index contributed by atoms with van der Waals surface area (Å²) in [5.74, 6) is -3.05. The van der Waals surface area contributed by atoms with Crippen LogP contribution in [0.5, 0.6) is 0 Å². The Morgan fingerprint density at radius 3 is 2.35 bits per heavy atom. The molecule has 0 aromatic heterocycles. The summed E-state index contributed by atoms with van der Waals surface area (Å²) in [7, 11) is 0. The monoisotopic (exact) mass is 298 g/mol. The van der Waals surface area contributed by atoms with E-state index < -0.39 is 23.3 Å². The second kappa shape index (κ2) is 5.34. The lowest BCUT2D eigenvalue weighted by molar-refractivity contribution is 0.0698. The maximum Gasteiger partial charge on any atom is 0.337 e. The molecule has 2 aromatic carbocycles. The van der Waals surface area contributed by atoms with Crippen LogP contribution in [0.3, 0.4) is 0 Å². The zero-order chi connectivity index (χ0) is 14.9. The smallest absolute Gasteiger partial charge is 0.337 e. The number of carboxylic acids is 1. The molecule has 0 spiro atoms. The number of halogens is 3. The number of anilines is 3. The lowest BCUT2D eigenvalue weighted by atomic mass is 10.1. The first kappa shape index (κ1) is 14.1. The molecule has 2 aromatic rings. The number of aromatic carboxylic acids is 1. The van der Waals surface area contributed by atoms with Gasteiger partial charge in [-0.05, 0) is 24.3 Å². The lowest BCUT2D eigenvalue weighted by Gasteiger charge is -2.13. The highest BCUT2D eigenvalue weighted by Crippen LogP contribution is 2.33. The molecule has 7 heteroatoms.